The first-order valence-corrected chi connectivity index (χ1v) is 6.15. The third-order valence-corrected chi connectivity index (χ3v) is 3.71. The summed E-state index contributed by atoms with van der Waals surface area (Å²) < 4.78 is 5.45. The molecular weight excluding hydrogens is 232 g/mol. The van der Waals surface area contributed by atoms with Crippen molar-refractivity contribution >= 4 is 23.6 Å². The predicted molar refractivity (Wildman–Crippen MR) is 68.1 cm³/mol. The van der Waals surface area contributed by atoms with E-state index in [-0.39, 0.29) is 5.78 Å². The number of ketones is 1. The highest BCUT2D eigenvalue weighted by atomic mass is 32.2. The maximum absolute atomic E-state index is 12.1. The zero-order valence-electron chi connectivity index (χ0n) is 9.27. The quantitative estimate of drug-likeness (QED) is 0.710. The molecule has 1 aliphatic rings. The summed E-state index contributed by atoms with van der Waals surface area (Å²) in [6.07, 6.45) is 1.81. The Labute approximate surface area is 103 Å². The Kier molecular flexibility index (Phi) is 2.41. The van der Waals surface area contributed by atoms with Crippen LogP contribution in [0.25, 0.3) is 6.08 Å². The number of Topliss-reactive ketones (excluding diaryl/α,β-unsaturated/α-hetero) is 1. The van der Waals surface area contributed by atoms with Gasteiger partial charge in [0.25, 0.3) is 0 Å². The zero-order chi connectivity index (χ0) is 11.8. The van der Waals surface area contributed by atoms with Crippen molar-refractivity contribution in [2.24, 2.45) is 0 Å². The molecule has 3 heteroatoms. The fourth-order valence-corrected chi connectivity index (χ4v) is 2.83. The van der Waals surface area contributed by atoms with E-state index < -0.39 is 0 Å². The fourth-order valence-electron chi connectivity index (χ4n) is 1.80. The first-order chi connectivity index (χ1) is 8.24. The summed E-state index contributed by atoms with van der Waals surface area (Å²) in [7, 11) is 0. The van der Waals surface area contributed by atoms with E-state index in [4.69, 9.17) is 4.42 Å². The van der Waals surface area contributed by atoms with Gasteiger partial charge in [-0.1, -0.05) is 23.9 Å². The van der Waals surface area contributed by atoms with Crippen LogP contribution in [-0.2, 0) is 0 Å². The van der Waals surface area contributed by atoms with Crippen LogP contribution in [0.3, 0.4) is 0 Å². The van der Waals surface area contributed by atoms with Crippen LogP contribution in [0.1, 0.15) is 21.9 Å². The second-order valence-electron chi connectivity index (χ2n) is 3.88. The Morgan fingerprint density at radius 1 is 1.18 bits per heavy atom. The summed E-state index contributed by atoms with van der Waals surface area (Å²) in [4.78, 5) is 13.8. The lowest BCUT2D eigenvalue weighted by Crippen LogP contribution is -1.93. The molecule has 84 valence electrons. The molecule has 0 N–H and O–H groups in total. The van der Waals surface area contributed by atoms with Crippen LogP contribution in [-0.4, -0.2) is 5.78 Å². The lowest BCUT2D eigenvalue weighted by molar-refractivity contribution is 0.104. The SMILES string of the molecule is Cc1ccc(C=C2Sc3ccccc3C2=O)o1. The van der Waals surface area contributed by atoms with Gasteiger partial charge in [-0.15, -0.1) is 0 Å². The molecule has 0 spiro atoms. The van der Waals surface area contributed by atoms with Crippen LogP contribution in [0.5, 0.6) is 0 Å². The van der Waals surface area contributed by atoms with Gasteiger partial charge in [0.15, 0.2) is 0 Å². The van der Waals surface area contributed by atoms with Crippen molar-refractivity contribution in [3.8, 4) is 0 Å². The van der Waals surface area contributed by atoms with Crippen molar-refractivity contribution in [3.63, 3.8) is 0 Å². The molecule has 0 unspecified atom stereocenters. The zero-order valence-corrected chi connectivity index (χ0v) is 10.1. The summed E-state index contributed by atoms with van der Waals surface area (Å²) in [5.41, 5.74) is 0.784. The Morgan fingerprint density at radius 2 is 2.00 bits per heavy atom. The number of hydrogen-bond donors (Lipinski definition) is 0. The largest absolute Gasteiger partial charge is 0.462 e. The highest BCUT2D eigenvalue weighted by Gasteiger charge is 2.25. The predicted octanol–water partition coefficient (Wildman–Crippen LogP) is 3.92. The van der Waals surface area contributed by atoms with E-state index in [1.54, 1.807) is 6.08 Å². The van der Waals surface area contributed by atoms with E-state index in [0.717, 1.165) is 26.9 Å². The lowest BCUT2D eigenvalue weighted by Gasteiger charge is -1.91. The Bertz CT molecular complexity index is 623. The highest BCUT2D eigenvalue weighted by molar-refractivity contribution is 8.04. The van der Waals surface area contributed by atoms with Crippen molar-refractivity contribution in [1.29, 1.82) is 0 Å². The van der Waals surface area contributed by atoms with Gasteiger partial charge in [-0.05, 0) is 37.3 Å². The number of allylic oxidation sites excluding steroid dienone is 1. The summed E-state index contributed by atoms with van der Waals surface area (Å²) in [5.74, 6) is 1.66. The molecular formula is C14H10O2S. The number of hydrogen-bond acceptors (Lipinski definition) is 3. The third-order valence-electron chi connectivity index (χ3n) is 2.61. The van der Waals surface area contributed by atoms with Crippen LogP contribution >= 0.6 is 11.8 Å². The lowest BCUT2D eigenvalue weighted by atomic mass is 10.1. The maximum atomic E-state index is 12.1. The minimum absolute atomic E-state index is 0.0830. The molecule has 2 nitrogen and oxygen atoms in total. The normalized spacial score (nSPS) is 16.5. The standard InChI is InChI=1S/C14H10O2S/c1-9-6-7-10(16-9)8-13-14(15)11-4-2-3-5-12(11)17-13/h2-8H,1H3. The van der Waals surface area contributed by atoms with Gasteiger partial charge in [-0.2, -0.15) is 0 Å². The van der Waals surface area contributed by atoms with E-state index in [9.17, 15) is 4.79 Å². The summed E-state index contributed by atoms with van der Waals surface area (Å²) in [6, 6.07) is 11.4. The van der Waals surface area contributed by atoms with Gasteiger partial charge in [0.05, 0.1) is 4.91 Å². The first-order valence-electron chi connectivity index (χ1n) is 5.34. The molecule has 1 aliphatic heterocycles. The van der Waals surface area contributed by atoms with E-state index in [0.29, 0.717) is 0 Å². The van der Waals surface area contributed by atoms with E-state index in [1.165, 1.54) is 11.8 Å². The molecule has 2 heterocycles. The molecule has 0 fully saturated rings. The Hall–Kier alpha value is -1.74. The number of aryl methyl sites for hydroxylation is 1. The average molecular weight is 242 g/mol. The minimum atomic E-state index is 0.0830. The van der Waals surface area contributed by atoms with Crippen LogP contribution in [0.4, 0.5) is 0 Å². The van der Waals surface area contributed by atoms with Crippen LogP contribution < -0.4 is 0 Å². The number of benzene rings is 1. The van der Waals surface area contributed by atoms with Crippen LogP contribution in [0, 0.1) is 6.92 Å². The molecule has 0 bridgehead atoms. The number of furan rings is 1. The molecule has 0 aliphatic carbocycles. The average Bonchev–Trinajstić information content (AvgIpc) is 2.86. The molecule has 1 aromatic carbocycles. The van der Waals surface area contributed by atoms with Gasteiger partial charge in [-0.3, -0.25) is 4.79 Å². The van der Waals surface area contributed by atoms with Gasteiger partial charge in [0, 0.05) is 10.5 Å². The molecule has 0 saturated heterocycles. The summed E-state index contributed by atoms with van der Waals surface area (Å²) >= 11 is 1.50. The third kappa shape index (κ3) is 1.83. The number of thioether (sulfide) groups is 1. The van der Waals surface area contributed by atoms with Crippen molar-refractivity contribution < 1.29 is 9.21 Å². The van der Waals surface area contributed by atoms with E-state index >= 15 is 0 Å². The number of carbonyl (C=O) groups excluding carboxylic acids is 1. The van der Waals surface area contributed by atoms with E-state index in [2.05, 4.69) is 0 Å². The Balaban J connectivity index is 1.99. The monoisotopic (exact) mass is 242 g/mol. The van der Waals surface area contributed by atoms with Crippen molar-refractivity contribution in [2.75, 3.05) is 0 Å². The molecule has 0 radical (unpaired) electrons. The smallest absolute Gasteiger partial charge is 0.200 e. The number of rotatable bonds is 1. The van der Waals surface area contributed by atoms with Crippen molar-refractivity contribution in [2.45, 2.75) is 11.8 Å². The van der Waals surface area contributed by atoms with Gasteiger partial charge >= 0.3 is 0 Å². The first kappa shape index (κ1) is 10.4. The summed E-state index contributed by atoms with van der Waals surface area (Å²) in [5, 5.41) is 0. The molecule has 0 amide bonds. The fraction of sp³-hybridized carbons (Fsp3) is 0.0714. The van der Waals surface area contributed by atoms with Gasteiger partial charge in [0.2, 0.25) is 5.78 Å². The van der Waals surface area contributed by atoms with Crippen LogP contribution in [0.2, 0.25) is 0 Å². The van der Waals surface area contributed by atoms with E-state index in [1.807, 2.05) is 43.3 Å². The second kappa shape index (κ2) is 3.93. The minimum Gasteiger partial charge on any atom is -0.462 e. The maximum Gasteiger partial charge on any atom is 0.200 e. The molecule has 1 aromatic heterocycles. The Morgan fingerprint density at radius 3 is 2.71 bits per heavy atom. The second-order valence-corrected chi connectivity index (χ2v) is 4.97. The number of fused-ring (bicyclic) bond motifs is 1. The highest BCUT2D eigenvalue weighted by Crippen LogP contribution is 2.40. The molecule has 0 atom stereocenters. The number of carbonyl (C=O) groups is 1. The molecule has 2 aromatic rings. The topological polar surface area (TPSA) is 30.2 Å². The molecule has 3 rings (SSSR count). The van der Waals surface area contributed by atoms with Gasteiger partial charge in [-0.25, -0.2) is 0 Å². The van der Waals surface area contributed by atoms with Crippen molar-refractivity contribution in [3.05, 3.63) is 58.4 Å². The van der Waals surface area contributed by atoms with Crippen molar-refractivity contribution in [1.82, 2.24) is 0 Å². The van der Waals surface area contributed by atoms with Gasteiger partial charge < -0.3 is 4.42 Å². The summed E-state index contributed by atoms with van der Waals surface area (Å²) in [6.45, 7) is 1.89. The van der Waals surface area contributed by atoms with Gasteiger partial charge in [0.1, 0.15) is 11.5 Å². The molecule has 17 heavy (non-hydrogen) atoms. The van der Waals surface area contributed by atoms with Crippen LogP contribution in [0.15, 0.2) is 50.6 Å². The molecule has 0 saturated carbocycles.